The molecule has 0 aliphatic heterocycles. The van der Waals surface area contributed by atoms with E-state index in [4.69, 9.17) is 23.2 Å². The molecule has 4 heteroatoms. The zero-order chi connectivity index (χ0) is 18.6. The number of benzene rings is 2. The molecular formula is C21H23Cl2NO. The Balaban J connectivity index is 2.22. The van der Waals surface area contributed by atoms with Crippen molar-refractivity contribution in [3.63, 3.8) is 0 Å². The molecule has 0 unspecified atom stereocenters. The molecule has 0 heterocycles. The smallest absolute Gasteiger partial charge is 0.187 e. The van der Waals surface area contributed by atoms with Crippen molar-refractivity contribution in [3.05, 3.63) is 75.3 Å². The van der Waals surface area contributed by atoms with Gasteiger partial charge < -0.3 is 0 Å². The Morgan fingerprint density at radius 3 is 2.44 bits per heavy atom. The normalized spacial score (nSPS) is 12.1. The zero-order valence-electron chi connectivity index (χ0n) is 15.0. The summed E-state index contributed by atoms with van der Waals surface area (Å²) in [5.41, 5.74) is 2.72. The Bertz CT molecular complexity index is 791. The Morgan fingerprint density at radius 1 is 1.12 bits per heavy atom. The fourth-order valence-corrected chi connectivity index (χ4v) is 2.78. The molecule has 2 nitrogen and oxygen atoms in total. The van der Waals surface area contributed by atoms with Crippen LogP contribution in [0.5, 0.6) is 0 Å². The molecule has 2 rings (SSSR count). The molecule has 0 radical (unpaired) electrons. The summed E-state index contributed by atoms with van der Waals surface area (Å²) >= 11 is 12.0. The fourth-order valence-electron chi connectivity index (χ4n) is 2.28. The standard InChI is InChI=1S/C21H23Cl2NO/c1-21(2,3)24(4)14-16-8-6-5-7-15(16)9-12-20(25)18-11-10-17(22)13-19(18)23/h5-13H,14H2,1-4H3/b12-9+. The first-order chi connectivity index (χ1) is 11.7. The van der Waals surface area contributed by atoms with E-state index in [-0.39, 0.29) is 11.3 Å². The predicted octanol–water partition coefficient (Wildman–Crippen LogP) is 6.12. The van der Waals surface area contributed by atoms with E-state index < -0.39 is 0 Å². The van der Waals surface area contributed by atoms with Gasteiger partial charge in [-0.1, -0.05) is 53.5 Å². The van der Waals surface area contributed by atoms with Crippen LogP contribution in [0, 0.1) is 0 Å². The van der Waals surface area contributed by atoms with Crippen LogP contribution >= 0.6 is 23.2 Å². The summed E-state index contributed by atoms with van der Waals surface area (Å²) in [6, 6.07) is 13.0. The van der Waals surface area contributed by atoms with Gasteiger partial charge in [0.2, 0.25) is 0 Å². The number of rotatable bonds is 5. The van der Waals surface area contributed by atoms with E-state index >= 15 is 0 Å². The lowest BCUT2D eigenvalue weighted by Crippen LogP contribution is -2.37. The van der Waals surface area contributed by atoms with Gasteiger partial charge in [0.15, 0.2) is 5.78 Å². The maximum absolute atomic E-state index is 12.4. The van der Waals surface area contributed by atoms with E-state index in [2.05, 4.69) is 38.8 Å². The Kier molecular flexibility index (Phi) is 6.45. The van der Waals surface area contributed by atoms with Crippen molar-refractivity contribution in [2.24, 2.45) is 0 Å². The molecule has 0 spiro atoms. The second-order valence-electron chi connectivity index (χ2n) is 7.05. The summed E-state index contributed by atoms with van der Waals surface area (Å²) < 4.78 is 0. The molecular weight excluding hydrogens is 353 g/mol. The predicted molar refractivity (Wildman–Crippen MR) is 107 cm³/mol. The van der Waals surface area contributed by atoms with Gasteiger partial charge in [-0.25, -0.2) is 0 Å². The van der Waals surface area contributed by atoms with E-state index in [1.54, 1.807) is 24.3 Å². The van der Waals surface area contributed by atoms with Crippen LogP contribution < -0.4 is 0 Å². The molecule has 2 aromatic rings. The largest absolute Gasteiger partial charge is 0.297 e. The summed E-state index contributed by atoms with van der Waals surface area (Å²) in [6.07, 6.45) is 3.41. The first kappa shape index (κ1) is 19.7. The van der Waals surface area contributed by atoms with Gasteiger partial charge in [-0.15, -0.1) is 0 Å². The molecule has 0 atom stereocenters. The van der Waals surface area contributed by atoms with Crippen LogP contribution in [0.4, 0.5) is 0 Å². The summed E-state index contributed by atoms with van der Waals surface area (Å²) in [6.45, 7) is 7.34. The average molecular weight is 376 g/mol. The van der Waals surface area contributed by atoms with Gasteiger partial charge in [-0.2, -0.15) is 0 Å². The van der Waals surface area contributed by atoms with Crippen molar-refractivity contribution >= 4 is 35.1 Å². The lowest BCUT2D eigenvalue weighted by molar-refractivity contribution is 0.104. The molecule has 25 heavy (non-hydrogen) atoms. The highest BCUT2D eigenvalue weighted by molar-refractivity contribution is 6.37. The summed E-state index contributed by atoms with van der Waals surface area (Å²) in [7, 11) is 2.10. The van der Waals surface area contributed by atoms with Gasteiger partial charge in [0.25, 0.3) is 0 Å². The second kappa shape index (κ2) is 8.18. The monoisotopic (exact) mass is 375 g/mol. The second-order valence-corrected chi connectivity index (χ2v) is 7.89. The maximum atomic E-state index is 12.4. The van der Waals surface area contributed by atoms with E-state index in [0.29, 0.717) is 15.6 Å². The minimum absolute atomic E-state index is 0.0729. The Hall–Kier alpha value is -1.61. The van der Waals surface area contributed by atoms with E-state index in [0.717, 1.165) is 12.1 Å². The van der Waals surface area contributed by atoms with Crippen LogP contribution in [-0.4, -0.2) is 23.3 Å². The van der Waals surface area contributed by atoms with Crippen molar-refractivity contribution in [2.45, 2.75) is 32.9 Å². The van der Waals surface area contributed by atoms with Crippen LogP contribution in [0.3, 0.4) is 0 Å². The van der Waals surface area contributed by atoms with Crippen LogP contribution in [0.1, 0.15) is 42.3 Å². The maximum Gasteiger partial charge on any atom is 0.187 e. The van der Waals surface area contributed by atoms with Gasteiger partial charge in [0.05, 0.1) is 5.02 Å². The van der Waals surface area contributed by atoms with Crippen molar-refractivity contribution in [3.8, 4) is 0 Å². The number of allylic oxidation sites excluding steroid dienone is 1. The van der Waals surface area contributed by atoms with Gasteiger partial charge in [-0.3, -0.25) is 9.69 Å². The van der Waals surface area contributed by atoms with Crippen molar-refractivity contribution < 1.29 is 4.79 Å². The minimum atomic E-state index is -0.138. The molecule has 0 saturated heterocycles. The number of nitrogens with zero attached hydrogens (tertiary/aromatic N) is 1. The van der Waals surface area contributed by atoms with E-state index in [9.17, 15) is 4.79 Å². The van der Waals surface area contributed by atoms with Crippen molar-refractivity contribution in [1.82, 2.24) is 4.90 Å². The van der Waals surface area contributed by atoms with Crippen LogP contribution in [-0.2, 0) is 6.54 Å². The molecule has 0 aliphatic carbocycles. The number of carbonyl (C=O) groups excluding carboxylic acids is 1. The molecule has 0 fully saturated rings. The number of hydrogen-bond donors (Lipinski definition) is 0. The Labute approximate surface area is 160 Å². The summed E-state index contributed by atoms with van der Waals surface area (Å²) in [5.74, 6) is -0.138. The minimum Gasteiger partial charge on any atom is -0.297 e. The van der Waals surface area contributed by atoms with Gasteiger partial charge >= 0.3 is 0 Å². The molecule has 0 bridgehead atoms. The molecule has 0 saturated carbocycles. The van der Waals surface area contributed by atoms with Crippen LogP contribution in [0.2, 0.25) is 10.0 Å². The highest BCUT2D eigenvalue weighted by atomic mass is 35.5. The topological polar surface area (TPSA) is 20.3 Å². The van der Waals surface area contributed by atoms with Crippen molar-refractivity contribution in [2.75, 3.05) is 7.05 Å². The highest BCUT2D eigenvalue weighted by Gasteiger charge is 2.17. The fraction of sp³-hybridized carbons (Fsp3) is 0.286. The highest BCUT2D eigenvalue weighted by Crippen LogP contribution is 2.23. The third-order valence-electron chi connectivity index (χ3n) is 4.22. The average Bonchev–Trinajstić information content (AvgIpc) is 2.52. The first-order valence-corrected chi connectivity index (χ1v) is 8.90. The Morgan fingerprint density at radius 2 is 1.80 bits per heavy atom. The summed E-state index contributed by atoms with van der Waals surface area (Å²) in [5, 5.41) is 0.879. The third kappa shape index (κ3) is 5.43. The van der Waals surface area contributed by atoms with E-state index in [1.807, 2.05) is 24.3 Å². The summed E-state index contributed by atoms with van der Waals surface area (Å²) in [4.78, 5) is 14.7. The van der Waals surface area contributed by atoms with Gasteiger partial charge in [0, 0.05) is 22.7 Å². The first-order valence-electron chi connectivity index (χ1n) is 8.15. The lowest BCUT2D eigenvalue weighted by Gasteiger charge is -2.32. The number of halogens is 2. The zero-order valence-corrected chi connectivity index (χ0v) is 16.5. The number of hydrogen-bond acceptors (Lipinski definition) is 2. The van der Waals surface area contributed by atoms with Gasteiger partial charge in [0.1, 0.15) is 0 Å². The van der Waals surface area contributed by atoms with Crippen molar-refractivity contribution in [1.29, 1.82) is 0 Å². The van der Waals surface area contributed by atoms with Crippen LogP contribution in [0.15, 0.2) is 48.5 Å². The lowest BCUT2D eigenvalue weighted by atomic mass is 10.0. The third-order valence-corrected chi connectivity index (χ3v) is 4.77. The number of carbonyl (C=O) groups is 1. The molecule has 132 valence electrons. The van der Waals surface area contributed by atoms with E-state index in [1.165, 1.54) is 5.56 Å². The van der Waals surface area contributed by atoms with Crippen LogP contribution in [0.25, 0.3) is 6.08 Å². The SMILES string of the molecule is CN(Cc1ccccc1/C=C/C(=O)c1ccc(Cl)cc1Cl)C(C)(C)C. The molecule has 0 N–H and O–H groups in total. The molecule has 2 aromatic carbocycles. The van der Waals surface area contributed by atoms with Gasteiger partial charge in [-0.05, 0) is 63.2 Å². The molecule has 0 amide bonds. The molecule has 0 aliphatic rings. The quantitative estimate of drug-likeness (QED) is 0.463. The molecule has 0 aromatic heterocycles. The number of ketones is 1.